The fraction of sp³-hybridized carbons (Fsp3) is 0.625. The van der Waals surface area contributed by atoms with E-state index in [1.807, 2.05) is 0 Å². The zero-order valence-corrected chi connectivity index (χ0v) is 12.1. The molecule has 0 saturated heterocycles. The average molecular weight is 306 g/mol. The highest BCUT2D eigenvalue weighted by Gasteiger charge is 2.25. The van der Waals surface area contributed by atoms with Gasteiger partial charge in [-0.3, -0.25) is 0 Å². The lowest BCUT2D eigenvalue weighted by atomic mass is 10.1. The van der Waals surface area contributed by atoms with E-state index in [1.165, 1.54) is 12.1 Å². The van der Waals surface area contributed by atoms with Crippen LogP contribution in [0.15, 0.2) is 24.3 Å². The lowest BCUT2D eigenvalue weighted by Gasteiger charge is -2.07. The molecule has 1 aromatic carbocycles. The molecule has 0 N–H and O–H groups in total. The maximum Gasteiger partial charge on any atom is 0.389 e. The van der Waals surface area contributed by atoms with Crippen LogP contribution in [-0.2, 0) is 0 Å². The SMILES string of the molecule is Fc1cccc(OCCCCCCCCCC(F)(F)F)c1. The Bertz CT molecular complexity index is 390. The summed E-state index contributed by atoms with van der Waals surface area (Å²) in [6.45, 7) is 0.539. The third-order valence-corrected chi connectivity index (χ3v) is 3.17. The molecule has 0 heterocycles. The number of rotatable bonds is 10. The number of hydrogen-bond donors (Lipinski definition) is 0. The van der Waals surface area contributed by atoms with Crippen molar-refractivity contribution in [3.8, 4) is 5.75 Å². The van der Waals surface area contributed by atoms with Gasteiger partial charge in [-0.1, -0.05) is 38.2 Å². The van der Waals surface area contributed by atoms with E-state index >= 15 is 0 Å². The van der Waals surface area contributed by atoms with Crippen LogP contribution in [0.1, 0.15) is 51.4 Å². The summed E-state index contributed by atoms with van der Waals surface area (Å²) in [6, 6.07) is 6.03. The van der Waals surface area contributed by atoms with Crippen LogP contribution in [0.3, 0.4) is 0 Å². The molecule has 0 spiro atoms. The molecule has 21 heavy (non-hydrogen) atoms. The Morgan fingerprint density at radius 2 is 1.48 bits per heavy atom. The maximum atomic E-state index is 12.9. The summed E-state index contributed by atoms with van der Waals surface area (Å²) < 4.78 is 54.0. The van der Waals surface area contributed by atoms with Crippen molar-refractivity contribution in [2.45, 2.75) is 57.5 Å². The molecule has 0 aliphatic heterocycles. The van der Waals surface area contributed by atoms with Gasteiger partial charge in [-0.2, -0.15) is 13.2 Å². The van der Waals surface area contributed by atoms with E-state index in [-0.39, 0.29) is 12.2 Å². The zero-order valence-electron chi connectivity index (χ0n) is 12.1. The molecule has 120 valence electrons. The zero-order chi connectivity index (χ0) is 15.6. The second-order valence-corrected chi connectivity index (χ2v) is 5.15. The van der Waals surface area contributed by atoms with Crippen molar-refractivity contribution in [3.05, 3.63) is 30.1 Å². The molecule has 0 radical (unpaired) electrons. The molecule has 0 bridgehead atoms. The van der Waals surface area contributed by atoms with Crippen molar-refractivity contribution in [2.24, 2.45) is 0 Å². The Balaban J connectivity index is 1.89. The molecule has 1 rings (SSSR count). The molecular weight excluding hydrogens is 284 g/mol. The Labute approximate surface area is 123 Å². The predicted molar refractivity (Wildman–Crippen MR) is 74.9 cm³/mol. The van der Waals surface area contributed by atoms with Gasteiger partial charge in [-0.25, -0.2) is 4.39 Å². The summed E-state index contributed by atoms with van der Waals surface area (Å²) in [6.07, 6.45) is 0.832. The van der Waals surface area contributed by atoms with Crippen LogP contribution in [0.2, 0.25) is 0 Å². The summed E-state index contributed by atoms with van der Waals surface area (Å²) in [5.41, 5.74) is 0. The lowest BCUT2D eigenvalue weighted by Crippen LogP contribution is -2.06. The molecule has 0 saturated carbocycles. The van der Waals surface area contributed by atoms with Crippen molar-refractivity contribution >= 4 is 0 Å². The molecule has 5 heteroatoms. The molecule has 0 aliphatic rings. The topological polar surface area (TPSA) is 9.23 Å². The second kappa shape index (κ2) is 9.64. The highest BCUT2D eigenvalue weighted by Crippen LogP contribution is 2.23. The number of halogens is 4. The molecule has 0 amide bonds. The van der Waals surface area contributed by atoms with Gasteiger partial charge in [0.2, 0.25) is 0 Å². The molecule has 0 fully saturated rings. The summed E-state index contributed by atoms with van der Waals surface area (Å²) in [7, 11) is 0. The molecule has 0 aromatic heterocycles. The highest BCUT2D eigenvalue weighted by molar-refractivity contribution is 5.22. The first-order valence-corrected chi connectivity index (χ1v) is 7.42. The van der Waals surface area contributed by atoms with Gasteiger partial charge in [0.05, 0.1) is 6.61 Å². The quantitative estimate of drug-likeness (QED) is 0.387. The van der Waals surface area contributed by atoms with Gasteiger partial charge in [0.25, 0.3) is 0 Å². The van der Waals surface area contributed by atoms with Crippen molar-refractivity contribution in [3.63, 3.8) is 0 Å². The van der Waals surface area contributed by atoms with Gasteiger partial charge in [0.1, 0.15) is 11.6 Å². The first-order valence-electron chi connectivity index (χ1n) is 7.42. The van der Waals surface area contributed by atoms with E-state index < -0.39 is 12.6 Å². The molecule has 0 atom stereocenters. The van der Waals surface area contributed by atoms with Gasteiger partial charge in [0.15, 0.2) is 0 Å². The van der Waals surface area contributed by atoms with Gasteiger partial charge >= 0.3 is 6.18 Å². The van der Waals surface area contributed by atoms with Crippen molar-refractivity contribution in [1.29, 1.82) is 0 Å². The first-order chi connectivity index (χ1) is 9.97. The summed E-state index contributed by atoms with van der Waals surface area (Å²) in [4.78, 5) is 0. The van der Waals surface area contributed by atoms with E-state index in [0.717, 1.165) is 32.1 Å². The summed E-state index contributed by atoms with van der Waals surface area (Å²) in [5.74, 6) is 0.216. The number of benzene rings is 1. The van der Waals surface area contributed by atoms with Crippen LogP contribution in [0.25, 0.3) is 0 Å². The molecule has 1 aromatic rings. The van der Waals surface area contributed by atoms with Gasteiger partial charge in [-0.15, -0.1) is 0 Å². The Kier molecular flexibility index (Phi) is 8.16. The largest absolute Gasteiger partial charge is 0.493 e. The predicted octanol–water partition coefficient (Wildman–Crippen LogP) is 5.89. The number of hydrogen-bond acceptors (Lipinski definition) is 1. The number of unbranched alkanes of at least 4 members (excludes halogenated alkanes) is 6. The van der Waals surface area contributed by atoms with Gasteiger partial charge in [-0.05, 0) is 25.0 Å². The minimum Gasteiger partial charge on any atom is -0.493 e. The van der Waals surface area contributed by atoms with E-state index in [1.54, 1.807) is 12.1 Å². The van der Waals surface area contributed by atoms with Crippen LogP contribution < -0.4 is 4.74 Å². The second-order valence-electron chi connectivity index (χ2n) is 5.15. The Morgan fingerprint density at radius 3 is 2.10 bits per heavy atom. The van der Waals surface area contributed by atoms with Crippen LogP contribution in [0.5, 0.6) is 5.75 Å². The van der Waals surface area contributed by atoms with Crippen molar-refractivity contribution < 1.29 is 22.3 Å². The van der Waals surface area contributed by atoms with Crippen molar-refractivity contribution in [2.75, 3.05) is 6.61 Å². The average Bonchev–Trinajstić information content (AvgIpc) is 2.40. The van der Waals surface area contributed by atoms with Crippen LogP contribution in [-0.4, -0.2) is 12.8 Å². The summed E-state index contributed by atoms with van der Waals surface area (Å²) >= 11 is 0. The third kappa shape index (κ3) is 10.2. The fourth-order valence-electron chi connectivity index (χ4n) is 2.06. The van der Waals surface area contributed by atoms with Gasteiger partial charge < -0.3 is 4.74 Å². The minimum atomic E-state index is -4.02. The smallest absolute Gasteiger partial charge is 0.389 e. The van der Waals surface area contributed by atoms with E-state index in [4.69, 9.17) is 4.74 Å². The molecular formula is C16H22F4O. The van der Waals surface area contributed by atoms with E-state index in [9.17, 15) is 17.6 Å². The third-order valence-electron chi connectivity index (χ3n) is 3.17. The van der Waals surface area contributed by atoms with Crippen LogP contribution >= 0.6 is 0 Å². The lowest BCUT2D eigenvalue weighted by molar-refractivity contribution is -0.135. The van der Waals surface area contributed by atoms with Gasteiger partial charge in [0, 0.05) is 12.5 Å². The number of alkyl halides is 3. The minimum absolute atomic E-state index is 0.228. The molecule has 1 nitrogen and oxygen atoms in total. The Morgan fingerprint density at radius 1 is 0.857 bits per heavy atom. The highest BCUT2D eigenvalue weighted by atomic mass is 19.4. The Hall–Kier alpha value is -1.26. The standard InChI is InChI=1S/C16H22F4O/c17-14-9-8-10-15(13-14)21-12-7-5-3-1-2-4-6-11-16(18,19)20/h8-10,13H,1-7,11-12H2. The first kappa shape index (κ1) is 17.8. The van der Waals surface area contributed by atoms with Crippen LogP contribution in [0.4, 0.5) is 17.6 Å². The fourth-order valence-corrected chi connectivity index (χ4v) is 2.06. The van der Waals surface area contributed by atoms with E-state index in [2.05, 4.69) is 0 Å². The molecule has 0 aliphatic carbocycles. The monoisotopic (exact) mass is 306 g/mol. The van der Waals surface area contributed by atoms with Crippen molar-refractivity contribution in [1.82, 2.24) is 0 Å². The normalized spacial score (nSPS) is 11.6. The molecule has 0 unspecified atom stereocenters. The van der Waals surface area contributed by atoms with E-state index in [0.29, 0.717) is 18.8 Å². The maximum absolute atomic E-state index is 12.9. The summed E-state index contributed by atoms with van der Waals surface area (Å²) in [5, 5.41) is 0. The van der Waals surface area contributed by atoms with Crippen LogP contribution in [0, 0.1) is 5.82 Å². The number of ether oxygens (including phenoxy) is 1.